The summed E-state index contributed by atoms with van der Waals surface area (Å²) in [6.07, 6.45) is 3.20. The summed E-state index contributed by atoms with van der Waals surface area (Å²) in [4.78, 5) is 22.3. The van der Waals surface area contributed by atoms with Crippen LogP contribution in [0.3, 0.4) is 0 Å². The Labute approximate surface area is 79.0 Å². The van der Waals surface area contributed by atoms with E-state index in [1.54, 1.807) is 25.5 Å². The van der Waals surface area contributed by atoms with Gasteiger partial charge in [-0.15, -0.1) is 0 Å². The first-order valence-electron chi connectivity index (χ1n) is 4.11. The van der Waals surface area contributed by atoms with Gasteiger partial charge in [-0.25, -0.2) is 0 Å². The Hall–Kier alpha value is -2.04. The first-order chi connectivity index (χ1) is 6.68. The molecule has 0 unspecified atom stereocenters. The molecule has 0 fully saturated rings. The minimum Gasteiger partial charge on any atom is -0.318 e. The minimum absolute atomic E-state index is 0.0966. The number of aromatic amines is 2. The molecule has 0 radical (unpaired) electrons. The lowest BCUT2D eigenvalue weighted by atomic mass is 10.2. The summed E-state index contributed by atoms with van der Waals surface area (Å²) in [6, 6.07) is 3.06. The molecule has 0 atom stereocenters. The van der Waals surface area contributed by atoms with Crippen molar-refractivity contribution in [3.8, 4) is 11.1 Å². The molecule has 0 amide bonds. The number of H-pyrrole nitrogens is 2. The SMILES string of the molecule is Cn1cc(-c2c[nH][nH]c2=O)ccc1=O. The second-order valence-electron chi connectivity index (χ2n) is 3.02. The molecular formula is C9H9N3O2. The zero-order valence-electron chi connectivity index (χ0n) is 7.57. The fourth-order valence-corrected chi connectivity index (χ4v) is 1.27. The van der Waals surface area contributed by atoms with Gasteiger partial charge in [0.25, 0.3) is 5.56 Å². The average Bonchev–Trinajstić information content (AvgIpc) is 2.57. The van der Waals surface area contributed by atoms with E-state index in [0.717, 1.165) is 5.56 Å². The maximum absolute atomic E-state index is 11.2. The number of aryl methyl sites for hydroxylation is 1. The Balaban J connectivity index is 2.64. The second-order valence-corrected chi connectivity index (χ2v) is 3.02. The van der Waals surface area contributed by atoms with Gasteiger partial charge >= 0.3 is 0 Å². The van der Waals surface area contributed by atoms with Crippen LogP contribution in [0.5, 0.6) is 0 Å². The summed E-state index contributed by atoms with van der Waals surface area (Å²) in [5, 5.41) is 5.04. The summed E-state index contributed by atoms with van der Waals surface area (Å²) in [7, 11) is 1.65. The monoisotopic (exact) mass is 191 g/mol. The van der Waals surface area contributed by atoms with Crippen LogP contribution < -0.4 is 11.1 Å². The van der Waals surface area contributed by atoms with Crippen molar-refractivity contribution in [2.75, 3.05) is 0 Å². The largest absolute Gasteiger partial charge is 0.318 e. The van der Waals surface area contributed by atoms with Crippen molar-refractivity contribution in [3.05, 3.63) is 45.2 Å². The van der Waals surface area contributed by atoms with Crippen LogP contribution in [0.1, 0.15) is 0 Å². The van der Waals surface area contributed by atoms with Crippen LogP contribution in [0.4, 0.5) is 0 Å². The summed E-state index contributed by atoms with van der Waals surface area (Å²) in [6.45, 7) is 0. The highest BCUT2D eigenvalue weighted by atomic mass is 16.1. The van der Waals surface area contributed by atoms with Crippen LogP contribution in [-0.4, -0.2) is 14.8 Å². The van der Waals surface area contributed by atoms with Crippen molar-refractivity contribution < 1.29 is 0 Å². The van der Waals surface area contributed by atoms with E-state index in [0.29, 0.717) is 5.56 Å². The fraction of sp³-hybridized carbons (Fsp3) is 0.111. The van der Waals surface area contributed by atoms with Gasteiger partial charge in [-0.05, 0) is 6.07 Å². The molecule has 2 rings (SSSR count). The van der Waals surface area contributed by atoms with E-state index in [1.807, 2.05) is 0 Å². The molecule has 0 bridgehead atoms. The van der Waals surface area contributed by atoms with Crippen LogP contribution in [0, 0.1) is 0 Å². The van der Waals surface area contributed by atoms with Gasteiger partial charge in [0, 0.05) is 31.1 Å². The van der Waals surface area contributed by atoms with Crippen molar-refractivity contribution in [3.63, 3.8) is 0 Å². The van der Waals surface area contributed by atoms with E-state index in [1.165, 1.54) is 10.6 Å². The van der Waals surface area contributed by atoms with Crippen LogP contribution in [0.2, 0.25) is 0 Å². The number of hydrogen-bond donors (Lipinski definition) is 2. The van der Waals surface area contributed by atoms with Crippen LogP contribution >= 0.6 is 0 Å². The standard InChI is InChI=1S/C9H9N3O2/c1-12-5-6(2-3-8(12)13)7-4-10-11-9(7)14/h2-5H,1H3,(H2,10,11,14). The van der Waals surface area contributed by atoms with E-state index in [-0.39, 0.29) is 11.1 Å². The number of nitrogens with zero attached hydrogens (tertiary/aromatic N) is 1. The fourth-order valence-electron chi connectivity index (χ4n) is 1.27. The predicted molar refractivity (Wildman–Crippen MR) is 52.1 cm³/mol. The van der Waals surface area contributed by atoms with E-state index in [9.17, 15) is 9.59 Å². The molecule has 2 N–H and O–H groups in total. The Morgan fingerprint density at radius 3 is 2.64 bits per heavy atom. The molecule has 0 aromatic carbocycles. The third kappa shape index (κ3) is 1.28. The zero-order chi connectivity index (χ0) is 10.1. The Bertz CT molecular complexity index is 562. The van der Waals surface area contributed by atoms with E-state index in [2.05, 4.69) is 10.2 Å². The molecule has 0 saturated carbocycles. The molecule has 0 spiro atoms. The Morgan fingerprint density at radius 2 is 2.07 bits per heavy atom. The molecule has 0 saturated heterocycles. The van der Waals surface area contributed by atoms with Crippen LogP contribution in [0.15, 0.2) is 34.1 Å². The van der Waals surface area contributed by atoms with Gasteiger partial charge in [0.1, 0.15) is 0 Å². The van der Waals surface area contributed by atoms with Crippen molar-refractivity contribution >= 4 is 0 Å². The van der Waals surface area contributed by atoms with Gasteiger partial charge in [-0.3, -0.25) is 14.7 Å². The smallest absolute Gasteiger partial charge is 0.271 e. The molecule has 0 aliphatic carbocycles. The van der Waals surface area contributed by atoms with E-state index in [4.69, 9.17) is 0 Å². The zero-order valence-corrected chi connectivity index (χ0v) is 7.57. The summed E-state index contributed by atoms with van der Waals surface area (Å²) >= 11 is 0. The molecule has 0 aliphatic rings. The number of pyridine rings is 1. The average molecular weight is 191 g/mol. The Morgan fingerprint density at radius 1 is 1.29 bits per heavy atom. The summed E-state index contributed by atoms with van der Waals surface area (Å²) in [5.74, 6) is 0. The van der Waals surface area contributed by atoms with Crippen molar-refractivity contribution in [2.45, 2.75) is 0 Å². The van der Waals surface area contributed by atoms with Crippen LogP contribution in [-0.2, 0) is 7.05 Å². The summed E-state index contributed by atoms with van der Waals surface area (Å²) in [5.41, 5.74) is 0.958. The number of aromatic nitrogens is 3. The third-order valence-electron chi connectivity index (χ3n) is 2.04. The van der Waals surface area contributed by atoms with Gasteiger partial charge in [-0.1, -0.05) is 0 Å². The molecule has 14 heavy (non-hydrogen) atoms. The highest BCUT2D eigenvalue weighted by Crippen LogP contribution is 2.10. The van der Waals surface area contributed by atoms with Gasteiger partial charge in [0.05, 0.1) is 5.56 Å². The predicted octanol–water partition coefficient (Wildman–Crippen LogP) is 0.0687. The third-order valence-corrected chi connectivity index (χ3v) is 2.04. The Kier molecular flexibility index (Phi) is 1.85. The van der Waals surface area contributed by atoms with Gasteiger partial charge < -0.3 is 9.67 Å². The van der Waals surface area contributed by atoms with Gasteiger partial charge in [0.15, 0.2) is 0 Å². The molecule has 72 valence electrons. The number of nitrogens with one attached hydrogen (secondary N) is 2. The topological polar surface area (TPSA) is 70.7 Å². The first-order valence-corrected chi connectivity index (χ1v) is 4.11. The molecule has 2 aromatic rings. The van der Waals surface area contributed by atoms with Gasteiger partial charge in [0.2, 0.25) is 5.56 Å². The first kappa shape index (κ1) is 8.55. The highest BCUT2D eigenvalue weighted by Gasteiger charge is 2.03. The van der Waals surface area contributed by atoms with Crippen molar-refractivity contribution in [2.24, 2.45) is 7.05 Å². The molecule has 5 nitrogen and oxygen atoms in total. The molecule has 5 heteroatoms. The molecular weight excluding hydrogens is 182 g/mol. The lowest BCUT2D eigenvalue weighted by molar-refractivity contribution is 0.862. The second kappa shape index (κ2) is 3.02. The van der Waals surface area contributed by atoms with E-state index < -0.39 is 0 Å². The van der Waals surface area contributed by atoms with Crippen molar-refractivity contribution in [1.82, 2.24) is 14.8 Å². The maximum Gasteiger partial charge on any atom is 0.271 e. The lowest BCUT2D eigenvalue weighted by Crippen LogP contribution is -2.14. The maximum atomic E-state index is 11.2. The highest BCUT2D eigenvalue weighted by molar-refractivity contribution is 5.59. The summed E-state index contributed by atoms with van der Waals surface area (Å²) < 4.78 is 1.43. The molecule has 2 heterocycles. The quantitative estimate of drug-likeness (QED) is 0.669. The lowest BCUT2D eigenvalue weighted by Gasteiger charge is -1.99. The normalized spacial score (nSPS) is 10.4. The molecule has 0 aliphatic heterocycles. The van der Waals surface area contributed by atoms with Crippen molar-refractivity contribution in [1.29, 1.82) is 0 Å². The van der Waals surface area contributed by atoms with Crippen LogP contribution in [0.25, 0.3) is 11.1 Å². The number of rotatable bonds is 1. The van der Waals surface area contributed by atoms with E-state index >= 15 is 0 Å². The molecule has 2 aromatic heterocycles. The minimum atomic E-state index is -0.191. The van der Waals surface area contributed by atoms with Gasteiger partial charge in [-0.2, -0.15) is 0 Å². The number of hydrogen-bond acceptors (Lipinski definition) is 2.